The summed E-state index contributed by atoms with van der Waals surface area (Å²) in [6, 6.07) is 0. The topological polar surface area (TPSA) is 102 Å². The number of esters is 1. The number of hydrogen-bond donors (Lipinski definition) is 2. The first-order chi connectivity index (χ1) is 17.6. The summed E-state index contributed by atoms with van der Waals surface area (Å²) in [4.78, 5) is 21.8. The highest BCUT2D eigenvalue weighted by Gasteiger charge is 2.25. The Bertz CT molecular complexity index is 583. The number of aliphatic hydroxyl groups is 1. The predicted octanol–water partition coefficient (Wildman–Crippen LogP) is 6.77. The third kappa shape index (κ3) is 26.9. The summed E-state index contributed by atoms with van der Waals surface area (Å²) in [7, 11) is 1.56. The van der Waals surface area contributed by atoms with Gasteiger partial charge >= 0.3 is 13.8 Å². The lowest BCUT2D eigenvalue weighted by Gasteiger charge is -2.24. The van der Waals surface area contributed by atoms with Gasteiger partial charge in [0, 0.05) is 6.42 Å². The van der Waals surface area contributed by atoms with E-state index in [-0.39, 0.29) is 19.6 Å². The largest absolute Gasteiger partial charge is 0.472 e. The summed E-state index contributed by atoms with van der Waals surface area (Å²) in [5.41, 5.74) is 0. The Morgan fingerprint density at radius 3 is 1.59 bits per heavy atom. The first-order valence-corrected chi connectivity index (χ1v) is 16.3. The highest BCUT2D eigenvalue weighted by molar-refractivity contribution is 7.47. The van der Waals surface area contributed by atoms with Gasteiger partial charge in [-0.05, 0) is 6.42 Å². The second kappa shape index (κ2) is 23.4. The van der Waals surface area contributed by atoms with Gasteiger partial charge in [-0.15, -0.1) is 0 Å². The molecule has 0 amide bonds. The van der Waals surface area contributed by atoms with E-state index in [0.29, 0.717) is 11.0 Å². The highest BCUT2D eigenvalue weighted by Crippen LogP contribution is 2.43. The van der Waals surface area contributed by atoms with Crippen LogP contribution in [-0.4, -0.2) is 74.1 Å². The quantitative estimate of drug-likeness (QED) is 0.0502. The molecule has 0 aromatic rings. The fourth-order valence-electron chi connectivity index (χ4n) is 4.01. The lowest BCUT2D eigenvalue weighted by atomic mass is 10.0. The standard InChI is InChI=1S/C28H58NO7P/c1-5-6-7-8-9-10-11-12-13-14-15-16-17-18-19-20-21-22-28(31)36-27(25-30)26-35-37(32,33)34-24-23-29(2,3)4/h27,30H,5-26H2,1-4H3/p+1/t27-/m1/s1. The van der Waals surface area contributed by atoms with Crippen molar-refractivity contribution in [3.05, 3.63) is 0 Å². The molecular weight excluding hydrogens is 493 g/mol. The third-order valence-electron chi connectivity index (χ3n) is 6.43. The van der Waals surface area contributed by atoms with Crippen LogP contribution in [0.1, 0.15) is 122 Å². The van der Waals surface area contributed by atoms with E-state index in [1.807, 2.05) is 21.1 Å². The number of hydrogen-bond acceptors (Lipinski definition) is 6. The van der Waals surface area contributed by atoms with Crippen LogP contribution in [0.2, 0.25) is 0 Å². The molecule has 0 aliphatic carbocycles. The number of ether oxygens (including phenoxy) is 1. The molecule has 2 atom stereocenters. The van der Waals surface area contributed by atoms with E-state index in [1.54, 1.807) is 0 Å². The van der Waals surface area contributed by atoms with Crippen molar-refractivity contribution in [1.29, 1.82) is 0 Å². The van der Waals surface area contributed by atoms with Gasteiger partial charge in [0.05, 0.1) is 34.4 Å². The molecule has 0 aromatic heterocycles. The summed E-state index contributed by atoms with van der Waals surface area (Å²) in [5.74, 6) is -0.428. The van der Waals surface area contributed by atoms with Crippen LogP contribution in [0.15, 0.2) is 0 Å². The van der Waals surface area contributed by atoms with Crippen molar-refractivity contribution < 1.29 is 37.6 Å². The maximum Gasteiger partial charge on any atom is 0.472 e. The van der Waals surface area contributed by atoms with E-state index in [1.165, 1.54) is 89.9 Å². The number of phosphoric ester groups is 1. The van der Waals surface area contributed by atoms with Crippen molar-refractivity contribution in [3.8, 4) is 0 Å². The number of phosphoric acid groups is 1. The van der Waals surface area contributed by atoms with Gasteiger partial charge < -0.3 is 19.2 Å². The SMILES string of the molecule is CCCCCCCCCCCCCCCCCCCC(=O)O[C@H](CO)COP(=O)(O)OCC[N+](C)(C)C. The number of aliphatic hydroxyl groups excluding tert-OH is 1. The maximum atomic E-state index is 12.0. The highest BCUT2D eigenvalue weighted by atomic mass is 31.2. The molecule has 2 N–H and O–H groups in total. The van der Waals surface area contributed by atoms with Crippen LogP contribution >= 0.6 is 7.82 Å². The molecular formula is C28H59NO7P+. The van der Waals surface area contributed by atoms with Crippen molar-refractivity contribution in [2.24, 2.45) is 0 Å². The number of carbonyl (C=O) groups excluding carboxylic acids is 1. The van der Waals surface area contributed by atoms with Gasteiger partial charge in [-0.3, -0.25) is 13.8 Å². The van der Waals surface area contributed by atoms with Crippen LogP contribution in [0.5, 0.6) is 0 Å². The zero-order valence-electron chi connectivity index (χ0n) is 24.5. The molecule has 0 fully saturated rings. The molecule has 1 unspecified atom stereocenters. The van der Waals surface area contributed by atoms with Gasteiger partial charge in [-0.2, -0.15) is 0 Å². The Balaban J connectivity index is 3.62. The van der Waals surface area contributed by atoms with Crippen LogP contribution in [0.25, 0.3) is 0 Å². The van der Waals surface area contributed by atoms with Gasteiger partial charge in [-0.1, -0.05) is 110 Å². The van der Waals surface area contributed by atoms with E-state index in [2.05, 4.69) is 6.92 Å². The molecule has 0 aliphatic rings. The minimum atomic E-state index is -4.26. The molecule has 0 saturated heterocycles. The average Bonchev–Trinajstić information content (AvgIpc) is 2.82. The summed E-state index contributed by atoms with van der Waals surface area (Å²) < 4.78 is 27.5. The van der Waals surface area contributed by atoms with E-state index < -0.39 is 26.5 Å². The average molecular weight is 553 g/mol. The van der Waals surface area contributed by atoms with Crippen LogP contribution in [0.3, 0.4) is 0 Å². The van der Waals surface area contributed by atoms with Gasteiger partial charge in [0.2, 0.25) is 0 Å². The van der Waals surface area contributed by atoms with E-state index >= 15 is 0 Å². The predicted molar refractivity (Wildman–Crippen MR) is 150 cm³/mol. The molecule has 37 heavy (non-hydrogen) atoms. The molecule has 0 radical (unpaired) electrons. The molecule has 0 aliphatic heterocycles. The zero-order valence-corrected chi connectivity index (χ0v) is 25.4. The van der Waals surface area contributed by atoms with E-state index in [9.17, 15) is 19.4 Å². The number of quaternary nitrogens is 1. The number of rotatable bonds is 27. The van der Waals surface area contributed by atoms with Crippen LogP contribution in [0, 0.1) is 0 Å². The number of nitrogens with zero attached hydrogens (tertiary/aromatic N) is 1. The van der Waals surface area contributed by atoms with Crippen molar-refractivity contribution >= 4 is 13.8 Å². The summed E-state index contributed by atoms with van der Waals surface area (Å²) >= 11 is 0. The smallest absolute Gasteiger partial charge is 0.457 e. The molecule has 222 valence electrons. The maximum absolute atomic E-state index is 12.0. The molecule has 0 bridgehead atoms. The van der Waals surface area contributed by atoms with Gasteiger partial charge in [0.1, 0.15) is 19.3 Å². The third-order valence-corrected chi connectivity index (χ3v) is 7.41. The number of likely N-dealkylation sites (N-methyl/N-ethyl adjacent to an activating group) is 1. The number of unbranched alkanes of at least 4 members (excludes halogenated alkanes) is 16. The molecule has 0 rings (SSSR count). The van der Waals surface area contributed by atoms with Crippen molar-refractivity contribution in [2.75, 3.05) is 47.5 Å². The van der Waals surface area contributed by atoms with Crippen molar-refractivity contribution in [3.63, 3.8) is 0 Å². The fourth-order valence-corrected chi connectivity index (χ4v) is 4.75. The lowest BCUT2D eigenvalue weighted by Crippen LogP contribution is -2.37. The molecule has 0 heterocycles. The second-order valence-corrected chi connectivity index (χ2v) is 12.8. The molecule has 0 saturated carbocycles. The Morgan fingerprint density at radius 2 is 1.19 bits per heavy atom. The molecule has 9 heteroatoms. The zero-order chi connectivity index (χ0) is 27.8. The number of carbonyl (C=O) groups is 1. The summed E-state index contributed by atoms with van der Waals surface area (Å²) in [6.45, 7) is 1.98. The van der Waals surface area contributed by atoms with Crippen LogP contribution in [-0.2, 0) is 23.1 Å². The van der Waals surface area contributed by atoms with Gasteiger partial charge in [0.15, 0.2) is 0 Å². The Labute approximate surface area is 227 Å². The fraction of sp³-hybridized carbons (Fsp3) is 0.964. The normalized spacial score (nSPS) is 14.4. The minimum Gasteiger partial charge on any atom is -0.457 e. The molecule has 0 spiro atoms. The summed E-state index contributed by atoms with van der Waals surface area (Å²) in [6.07, 6.45) is 21.0. The Hall–Kier alpha value is -0.500. The van der Waals surface area contributed by atoms with Crippen molar-refractivity contribution in [1.82, 2.24) is 0 Å². The van der Waals surface area contributed by atoms with E-state index in [4.69, 9.17) is 13.8 Å². The Kier molecular flexibility index (Phi) is 23.1. The molecule has 0 aromatic carbocycles. The first-order valence-electron chi connectivity index (χ1n) is 14.8. The minimum absolute atomic E-state index is 0.0557. The van der Waals surface area contributed by atoms with Gasteiger partial charge in [-0.25, -0.2) is 4.57 Å². The van der Waals surface area contributed by atoms with Gasteiger partial charge in [0.25, 0.3) is 0 Å². The monoisotopic (exact) mass is 552 g/mol. The summed E-state index contributed by atoms with van der Waals surface area (Å²) in [5, 5.41) is 9.40. The van der Waals surface area contributed by atoms with Crippen LogP contribution < -0.4 is 0 Å². The second-order valence-electron chi connectivity index (χ2n) is 11.3. The first kappa shape index (κ1) is 36.5. The van der Waals surface area contributed by atoms with E-state index in [0.717, 1.165) is 19.3 Å². The Morgan fingerprint density at radius 1 is 0.757 bits per heavy atom. The van der Waals surface area contributed by atoms with Crippen molar-refractivity contribution in [2.45, 2.75) is 129 Å². The lowest BCUT2D eigenvalue weighted by molar-refractivity contribution is -0.870. The van der Waals surface area contributed by atoms with Crippen LogP contribution in [0.4, 0.5) is 0 Å². The molecule has 8 nitrogen and oxygen atoms in total.